The normalized spacial score (nSPS) is 13.8. The van der Waals surface area contributed by atoms with Crippen LogP contribution in [0.15, 0.2) is 35.0 Å². The van der Waals surface area contributed by atoms with Crippen molar-refractivity contribution >= 4 is 15.9 Å². The standard InChI is InChI=1S/C14H25BrN2O3/c1-5-7-13(20-9-6-8-19-4)10-12(15)11-17(16)14(2,3)18/h5,7,10,18H,1,6,8-9,11,16H2,2-4H3/b12-10-,13-7+. The predicted molar refractivity (Wildman–Crippen MR) is 84.9 cm³/mol. The first-order chi connectivity index (χ1) is 9.31. The summed E-state index contributed by atoms with van der Waals surface area (Å²) in [6.45, 7) is 8.46. The van der Waals surface area contributed by atoms with Crippen molar-refractivity contribution in [1.82, 2.24) is 5.01 Å². The number of nitrogens with zero attached hydrogens (tertiary/aromatic N) is 1. The average Bonchev–Trinajstić information content (AvgIpc) is 2.33. The summed E-state index contributed by atoms with van der Waals surface area (Å²) in [5.74, 6) is 6.43. The molecule has 0 spiro atoms. The lowest BCUT2D eigenvalue weighted by Crippen LogP contribution is -2.49. The third-order valence-electron chi connectivity index (χ3n) is 2.37. The fourth-order valence-electron chi connectivity index (χ4n) is 1.20. The Morgan fingerprint density at radius 1 is 1.45 bits per heavy atom. The van der Waals surface area contributed by atoms with Gasteiger partial charge in [0.2, 0.25) is 0 Å². The average molecular weight is 349 g/mol. The van der Waals surface area contributed by atoms with Gasteiger partial charge in [-0.1, -0.05) is 28.6 Å². The van der Waals surface area contributed by atoms with Crippen molar-refractivity contribution in [3.05, 3.63) is 35.0 Å². The molecule has 0 bridgehead atoms. The van der Waals surface area contributed by atoms with Gasteiger partial charge in [-0.25, -0.2) is 5.01 Å². The fourth-order valence-corrected chi connectivity index (χ4v) is 1.70. The van der Waals surface area contributed by atoms with Crippen LogP contribution in [0.3, 0.4) is 0 Å². The van der Waals surface area contributed by atoms with Crippen molar-refractivity contribution in [1.29, 1.82) is 0 Å². The molecule has 5 nitrogen and oxygen atoms in total. The van der Waals surface area contributed by atoms with Crippen LogP contribution in [0.5, 0.6) is 0 Å². The Kier molecular flexibility index (Phi) is 9.79. The van der Waals surface area contributed by atoms with Crippen LogP contribution in [0.4, 0.5) is 0 Å². The number of rotatable bonds is 10. The molecule has 0 heterocycles. The molecule has 3 N–H and O–H groups in total. The molecular formula is C14H25BrN2O3. The van der Waals surface area contributed by atoms with Crippen molar-refractivity contribution in [2.45, 2.75) is 26.0 Å². The summed E-state index contributed by atoms with van der Waals surface area (Å²) >= 11 is 3.41. The molecule has 6 heteroatoms. The van der Waals surface area contributed by atoms with E-state index in [0.717, 1.165) is 10.9 Å². The molecular weight excluding hydrogens is 324 g/mol. The fraction of sp³-hybridized carbons (Fsp3) is 0.571. The summed E-state index contributed by atoms with van der Waals surface area (Å²) < 4.78 is 11.4. The quantitative estimate of drug-likeness (QED) is 0.158. The summed E-state index contributed by atoms with van der Waals surface area (Å²) in [4.78, 5) is 0. The number of methoxy groups -OCH3 is 1. The zero-order chi connectivity index (χ0) is 15.6. The molecule has 0 aliphatic heterocycles. The number of ether oxygens (including phenoxy) is 2. The summed E-state index contributed by atoms with van der Waals surface area (Å²) in [7, 11) is 1.66. The Bertz CT molecular complexity index is 349. The van der Waals surface area contributed by atoms with E-state index < -0.39 is 5.72 Å². The Hall–Kier alpha value is -0.660. The van der Waals surface area contributed by atoms with Crippen LogP contribution in [-0.2, 0) is 9.47 Å². The van der Waals surface area contributed by atoms with E-state index in [0.29, 0.717) is 25.5 Å². The van der Waals surface area contributed by atoms with Gasteiger partial charge in [0.05, 0.1) is 6.61 Å². The number of hydrazine groups is 1. The molecule has 0 fully saturated rings. The highest BCUT2D eigenvalue weighted by molar-refractivity contribution is 9.11. The van der Waals surface area contributed by atoms with Crippen molar-refractivity contribution < 1.29 is 14.6 Å². The lowest BCUT2D eigenvalue weighted by Gasteiger charge is -2.29. The van der Waals surface area contributed by atoms with Crippen molar-refractivity contribution in [3.8, 4) is 0 Å². The first kappa shape index (κ1) is 19.3. The molecule has 0 aromatic rings. The summed E-state index contributed by atoms with van der Waals surface area (Å²) in [6, 6.07) is 0. The lowest BCUT2D eigenvalue weighted by molar-refractivity contribution is -0.0736. The van der Waals surface area contributed by atoms with E-state index in [4.69, 9.17) is 15.3 Å². The van der Waals surface area contributed by atoms with Crippen LogP contribution < -0.4 is 5.84 Å². The topological polar surface area (TPSA) is 68.0 Å². The van der Waals surface area contributed by atoms with Crippen molar-refractivity contribution in [2.75, 3.05) is 26.9 Å². The number of allylic oxidation sites excluding steroid dienone is 3. The Morgan fingerprint density at radius 3 is 2.60 bits per heavy atom. The zero-order valence-electron chi connectivity index (χ0n) is 12.4. The maximum absolute atomic E-state index is 9.75. The number of halogens is 1. The van der Waals surface area contributed by atoms with E-state index in [9.17, 15) is 5.11 Å². The van der Waals surface area contributed by atoms with Crippen LogP contribution in [0.1, 0.15) is 20.3 Å². The van der Waals surface area contributed by atoms with Gasteiger partial charge in [0, 0.05) is 31.2 Å². The molecule has 0 aromatic heterocycles. The van der Waals surface area contributed by atoms with Gasteiger partial charge in [0.15, 0.2) is 0 Å². The SMILES string of the molecule is C=C/C=C(\C=C(/Br)CN(N)C(C)(C)O)OCCCOC. The maximum atomic E-state index is 9.75. The van der Waals surface area contributed by atoms with E-state index in [-0.39, 0.29) is 0 Å². The third kappa shape index (κ3) is 9.28. The second-order valence-corrected chi connectivity index (χ2v) is 5.73. The molecule has 20 heavy (non-hydrogen) atoms. The third-order valence-corrected chi connectivity index (χ3v) is 2.85. The van der Waals surface area contributed by atoms with E-state index >= 15 is 0 Å². The van der Waals surface area contributed by atoms with Gasteiger partial charge in [0.1, 0.15) is 11.5 Å². The van der Waals surface area contributed by atoms with Gasteiger partial charge < -0.3 is 14.6 Å². The second kappa shape index (κ2) is 10.1. The van der Waals surface area contributed by atoms with Crippen LogP contribution >= 0.6 is 15.9 Å². The van der Waals surface area contributed by atoms with Crippen LogP contribution in [0, 0.1) is 0 Å². The van der Waals surface area contributed by atoms with Crippen LogP contribution in [-0.4, -0.2) is 42.7 Å². The molecule has 0 saturated heterocycles. The predicted octanol–water partition coefficient (Wildman–Crippen LogP) is 2.29. The van der Waals surface area contributed by atoms with Crippen LogP contribution in [0.25, 0.3) is 0 Å². The lowest BCUT2D eigenvalue weighted by atomic mass is 10.3. The molecule has 0 amide bonds. The zero-order valence-corrected chi connectivity index (χ0v) is 14.0. The van der Waals surface area contributed by atoms with E-state index in [2.05, 4.69) is 22.5 Å². The van der Waals surface area contributed by atoms with E-state index in [1.54, 1.807) is 39.2 Å². The molecule has 0 rings (SSSR count). The Morgan fingerprint density at radius 2 is 2.10 bits per heavy atom. The van der Waals surface area contributed by atoms with E-state index in [1.807, 2.05) is 0 Å². The Labute approximate surface area is 129 Å². The molecule has 0 aromatic carbocycles. The smallest absolute Gasteiger partial charge is 0.125 e. The monoisotopic (exact) mass is 348 g/mol. The largest absolute Gasteiger partial charge is 0.493 e. The number of nitrogens with two attached hydrogens (primary N) is 1. The van der Waals surface area contributed by atoms with Crippen molar-refractivity contribution in [2.24, 2.45) is 5.84 Å². The number of aliphatic hydroxyl groups is 1. The first-order valence-corrected chi connectivity index (χ1v) is 7.15. The highest BCUT2D eigenvalue weighted by atomic mass is 79.9. The van der Waals surface area contributed by atoms with Crippen molar-refractivity contribution in [3.63, 3.8) is 0 Å². The minimum atomic E-state index is -1.09. The van der Waals surface area contributed by atoms with Gasteiger partial charge in [-0.3, -0.25) is 5.84 Å². The van der Waals surface area contributed by atoms with Crippen LogP contribution in [0.2, 0.25) is 0 Å². The molecule has 0 aliphatic rings. The second-order valence-electron chi connectivity index (χ2n) is 4.71. The summed E-state index contributed by atoms with van der Waals surface area (Å²) in [5.41, 5.74) is -1.09. The van der Waals surface area contributed by atoms with Gasteiger partial charge in [0.25, 0.3) is 0 Å². The minimum Gasteiger partial charge on any atom is -0.493 e. The molecule has 0 saturated carbocycles. The maximum Gasteiger partial charge on any atom is 0.125 e. The van der Waals surface area contributed by atoms with Gasteiger partial charge in [-0.05, 0) is 26.0 Å². The summed E-state index contributed by atoms with van der Waals surface area (Å²) in [5, 5.41) is 11.1. The minimum absolute atomic E-state index is 0.361. The molecule has 0 unspecified atom stereocenters. The number of hydrogen-bond acceptors (Lipinski definition) is 5. The molecule has 0 atom stereocenters. The van der Waals surface area contributed by atoms with Gasteiger partial charge in [-0.15, -0.1) is 0 Å². The molecule has 0 radical (unpaired) electrons. The molecule has 0 aliphatic carbocycles. The van der Waals surface area contributed by atoms with E-state index in [1.165, 1.54) is 5.01 Å². The molecule has 116 valence electrons. The van der Waals surface area contributed by atoms with Gasteiger partial charge >= 0.3 is 0 Å². The van der Waals surface area contributed by atoms with Gasteiger partial charge in [-0.2, -0.15) is 0 Å². The highest BCUT2D eigenvalue weighted by Gasteiger charge is 2.20. The highest BCUT2D eigenvalue weighted by Crippen LogP contribution is 2.15. The summed E-state index contributed by atoms with van der Waals surface area (Å²) in [6.07, 6.45) is 6.03. The first-order valence-electron chi connectivity index (χ1n) is 6.36. The Balaban J connectivity index is 4.51. The number of hydrogen-bond donors (Lipinski definition) is 2.